The molecule has 0 spiro atoms. The summed E-state index contributed by atoms with van der Waals surface area (Å²) in [6.07, 6.45) is 22.9. The van der Waals surface area contributed by atoms with Crippen molar-refractivity contribution in [3.05, 3.63) is 0 Å². The molecule has 0 rings (SSSR count). The molecule has 3 nitrogen and oxygen atoms in total. The van der Waals surface area contributed by atoms with Gasteiger partial charge in [0, 0.05) is 0 Å². The van der Waals surface area contributed by atoms with Gasteiger partial charge in [0.25, 0.3) is 0 Å². The number of unbranched alkanes of at least 4 members (excludes halogenated alkanes) is 15. The lowest BCUT2D eigenvalue weighted by Crippen LogP contribution is -2.42. The topological polar surface area (TPSA) is 50.2 Å². The molecule has 0 aliphatic carbocycles. The van der Waals surface area contributed by atoms with E-state index in [1.165, 1.54) is 109 Å². The van der Waals surface area contributed by atoms with Gasteiger partial charge in [-0.25, -0.2) is 0 Å². The minimum atomic E-state index is 0. The maximum absolute atomic E-state index is 9.02. The molecule has 154 valence electrons. The van der Waals surface area contributed by atoms with Crippen LogP contribution in [0.2, 0.25) is 0 Å². The van der Waals surface area contributed by atoms with Gasteiger partial charge in [-0.3, -0.25) is 0 Å². The molecule has 0 amide bonds. The first-order chi connectivity index (χ1) is 11.6. The van der Waals surface area contributed by atoms with Crippen LogP contribution in [-0.4, -0.2) is 48.9 Å². The molecule has 0 aromatic rings. The molecule has 0 aromatic heterocycles. The van der Waals surface area contributed by atoms with Crippen molar-refractivity contribution in [3.63, 3.8) is 0 Å². The molecule has 0 saturated heterocycles. The maximum atomic E-state index is 9.02. The SMILES string of the molecule is CCCCCCCCCCCCCCCCCC[N+](C)(C)CCO.[OH-]. The van der Waals surface area contributed by atoms with Crippen LogP contribution in [0, 0.1) is 0 Å². The second-order valence-electron chi connectivity index (χ2n) is 8.41. The van der Waals surface area contributed by atoms with Gasteiger partial charge in [0.2, 0.25) is 0 Å². The number of hydrogen-bond acceptors (Lipinski definition) is 2. The Morgan fingerprint density at radius 1 is 0.520 bits per heavy atom. The number of aliphatic hydroxyl groups excluding tert-OH is 1. The molecule has 0 unspecified atom stereocenters. The number of likely N-dealkylation sites (N-methyl/N-ethyl adjacent to an activating group) is 1. The number of hydrogen-bond donors (Lipinski definition) is 1. The first-order valence-corrected chi connectivity index (χ1v) is 11.1. The number of nitrogens with zero attached hydrogens (tertiary/aromatic N) is 1. The lowest BCUT2D eigenvalue weighted by atomic mass is 10.0. The van der Waals surface area contributed by atoms with Crippen LogP contribution in [0.15, 0.2) is 0 Å². The number of aliphatic hydroxyl groups is 1. The van der Waals surface area contributed by atoms with Gasteiger partial charge in [-0.15, -0.1) is 0 Å². The molecule has 0 aliphatic heterocycles. The zero-order valence-electron chi connectivity index (χ0n) is 17.8. The normalized spacial score (nSPS) is 11.5. The molecule has 0 bridgehead atoms. The second kappa shape index (κ2) is 20.2. The van der Waals surface area contributed by atoms with Gasteiger partial charge in [0.1, 0.15) is 6.54 Å². The molecule has 0 fully saturated rings. The van der Waals surface area contributed by atoms with Gasteiger partial charge in [0.05, 0.1) is 27.2 Å². The molecule has 0 radical (unpaired) electrons. The number of quaternary nitrogens is 1. The predicted molar refractivity (Wildman–Crippen MR) is 110 cm³/mol. The van der Waals surface area contributed by atoms with Crippen LogP contribution in [0.5, 0.6) is 0 Å². The molecule has 0 aliphatic rings. The van der Waals surface area contributed by atoms with Crippen LogP contribution in [-0.2, 0) is 0 Å². The Labute approximate surface area is 159 Å². The third kappa shape index (κ3) is 21.8. The Bertz CT molecular complexity index is 244. The fourth-order valence-electron chi connectivity index (χ4n) is 3.47. The standard InChI is InChI=1S/C22H48NO.H2O/c1-4-5-6-7-8-9-10-11-12-13-14-15-16-17-18-19-20-23(2,3)21-22-24;/h24H,4-22H2,1-3H3;1H2/q+1;/p-1. The summed E-state index contributed by atoms with van der Waals surface area (Å²) in [6, 6.07) is 0. The summed E-state index contributed by atoms with van der Waals surface area (Å²) in [6.45, 7) is 4.70. The van der Waals surface area contributed by atoms with Gasteiger partial charge in [-0.2, -0.15) is 0 Å². The van der Waals surface area contributed by atoms with Crippen LogP contribution in [0.1, 0.15) is 110 Å². The van der Waals surface area contributed by atoms with Gasteiger partial charge >= 0.3 is 0 Å². The summed E-state index contributed by atoms with van der Waals surface area (Å²) >= 11 is 0. The monoisotopic (exact) mass is 359 g/mol. The quantitative estimate of drug-likeness (QED) is 0.222. The van der Waals surface area contributed by atoms with E-state index < -0.39 is 0 Å². The Balaban J connectivity index is 0. The maximum Gasteiger partial charge on any atom is 0.102 e. The summed E-state index contributed by atoms with van der Waals surface area (Å²) in [4.78, 5) is 0. The van der Waals surface area contributed by atoms with E-state index >= 15 is 0 Å². The van der Waals surface area contributed by atoms with Crippen LogP contribution in [0.25, 0.3) is 0 Å². The highest BCUT2D eigenvalue weighted by Gasteiger charge is 2.12. The third-order valence-corrected chi connectivity index (χ3v) is 5.32. The van der Waals surface area contributed by atoms with Gasteiger partial charge in [-0.1, -0.05) is 96.8 Å². The highest BCUT2D eigenvalue weighted by atomic mass is 16.3. The van der Waals surface area contributed by atoms with Crippen molar-refractivity contribution < 1.29 is 15.1 Å². The largest absolute Gasteiger partial charge is 0.870 e. The van der Waals surface area contributed by atoms with E-state index in [-0.39, 0.29) is 5.48 Å². The minimum absolute atomic E-state index is 0. The molecule has 0 aromatic carbocycles. The highest BCUT2D eigenvalue weighted by molar-refractivity contribution is 4.50. The third-order valence-electron chi connectivity index (χ3n) is 5.32. The van der Waals surface area contributed by atoms with Gasteiger partial charge in [-0.05, 0) is 12.8 Å². The van der Waals surface area contributed by atoms with E-state index in [9.17, 15) is 0 Å². The Morgan fingerprint density at radius 2 is 0.840 bits per heavy atom. The Morgan fingerprint density at radius 3 is 1.16 bits per heavy atom. The molecule has 2 N–H and O–H groups in total. The van der Waals surface area contributed by atoms with Crippen molar-refractivity contribution in [2.75, 3.05) is 33.8 Å². The first-order valence-electron chi connectivity index (χ1n) is 11.1. The lowest BCUT2D eigenvalue weighted by molar-refractivity contribution is -0.890. The van der Waals surface area contributed by atoms with E-state index in [1.54, 1.807) is 0 Å². The van der Waals surface area contributed by atoms with E-state index in [0.717, 1.165) is 11.0 Å². The fourth-order valence-corrected chi connectivity index (χ4v) is 3.47. The minimum Gasteiger partial charge on any atom is -0.870 e. The summed E-state index contributed by atoms with van der Waals surface area (Å²) in [5.74, 6) is 0. The van der Waals surface area contributed by atoms with Crippen molar-refractivity contribution in [2.24, 2.45) is 0 Å². The average Bonchev–Trinajstić information content (AvgIpc) is 2.54. The molecule has 0 atom stereocenters. The summed E-state index contributed by atoms with van der Waals surface area (Å²) in [5.41, 5.74) is 0. The van der Waals surface area contributed by atoms with E-state index in [2.05, 4.69) is 21.0 Å². The van der Waals surface area contributed by atoms with Crippen LogP contribution >= 0.6 is 0 Å². The molecule has 25 heavy (non-hydrogen) atoms. The molecular weight excluding hydrogens is 310 g/mol. The summed E-state index contributed by atoms with van der Waals surface area (Å²) in [7, 11) is 4.45. The lowest BCUT2D eigenvalue weighted by Gasteiger charge is -2.28. The first kappa shape index (κ1) is 27.1. The average molecular weight is 360 g/mol. The summed E-state index contributed by atoms with van der Waals surface area (Å²) < 4.78 is 0.967. The van der Waals surface area contributed by atoms with Gasteiger partial charge < -0.3 is 15.1 Å². The van der Waals surface area contributed by atoms with Crippen molar-refractivity contribution in [2.45, 2.75) is 110 Å². The highest BCUT2D eigenvalue weighted by Crippen LogP contribution is 2.14. The van der Waals surface area contributed by atoms with Crippen molar-refractivity contribution in [1.29, 1.82) is 0 Å². The van der Waals surface area contributed by atoms with Crippen LogP contribution in [0.3, 0.4) is 0 Å². The zero-order chi connectivity index (χ0) is 17.9. The predicted octanol–water partition coefficient (Wildman–Crippen LogP) is 6.14. The summed E-state index contributed by atoms with van der Waals surface area (Å²) in [5, 5.41) is 9.02. The van der Waals surface area contributed by atoms with Crippen molar-refractivity contribution in [3.8, 4) is 0 Å². The van der Waals surface area contributed by atoms with Crippen molar-refractivity contribution in [1.82, 2.24) is 0 Å². The van der Waals surface area contributed by atoms with E-state index in [0.29, 0.717) is 6.61 Å². The molecule has 3 heteroatoms. The fraction of sp³-hybridized carbons (Fsp3) is 1.00. The van der Waals surface area contributed by atoms with Crippen LogP contribution < -0.4 is 0 Å². The van der Waals surface area contributed by atoms with Gasteiger partial charge in [0.15, 0.2) is 0 Å². The van der Waals surface area contributed by atoms with E-state index in [4.69, 9.17) is 5.11 Å². The smallest absolute Gasteiger partial charge is 0.102 e. The number of rotatable bonds is 19. The molecular formula is C22H49NO2. The van der Waals surface area contributed by atoms with Crippen LogP contribution in [0.4, 0.5) is 0 Å². The van der Waals surface area contributed by atoms with Crippen molar-refractivity contribution >= 4 is 0 Å². The zero-order valence-corrected chi connectivity index (χ0v) is 17.8. The Kier molecular flexibility index (Phi) is 21.9. The van der Waals surface area contributed by atoms with E-state index in [1.807, 2.05) is 0 Å². The molecule has 0 saturated carbocycles. The Hall–Kier alpha value is -0.120. The second-order valence-corrected chi connectivity index (χ2v) is 8.41. The molecule has 0 heterocycles.